The highest BCUT2D eigenvalue weighted by atomic mass is 32.1. The van der Waals surface area contributed by atoms with E-state index in [1.165, 1.54) is 42.4 Å². The summed E-state index contributed by atoms with van der Waals surface area (Å²) in [5, 5.41) is 7.35. The average molecular weight is 278 g/mol. The van der Waals surface area contributed by atoms with Crippen LogP contribution in [-0.2, 0) is 6.42 Å². The maximum absolute atomic E-state index is 2.29. The summed E-state index contributed by atoms with van der Waals surface area (Å²) in [4.78, 5) is 0. The van der Waals surface area contributed by atoms with Gasteiger partial charge in [0, 0.05) is 20.3 Å². The molecule has 1 aliphatic carbocycles. The average Bonchev–Trinajstić information content (AvgIpc) is 3.14. The van der Waals surface area contributed by atoms with Crippen molar-refractivity contribution in [2.75, 3.05) is 0 Å². The van der Waals surface area contributed by atoms with Crippen LogP contribution in [0.1, 0.15) is 11.1 Å². The Labute approximate surface area is 118 Å². The van der Waals surface area contributed by atoms with E-state index in [1.54, 1.807) is 0 Å². The first-order valence-electron chi connectivity index (χ1n) is 6.41. The van der Waals surface area contributed by atoms with Gasteiger partial charge in [0.2, 0.25) is 0 Å². The van der Waals surface area contributed by atoms with Crippen LogP contribution in [0.3, 0.4) is 0 Å². The molecular formula is C17H10S2. The molecule has 0 N–H and O–H groups in total. The Kier molecular flexibility index (Phi) is 1.86. The fourth-order valence-corrected chi connectivity index (χ4v) is 5.29. The van der Waals surface area contributed by atoms with Crippen molar-refractivity contribution in [1.29, 1.82) is 0 Å². The van der Waals surface area contributed by atoms with Crippen molar-refractivity contribution >= 4 is 42.8 Å². The number of thiophene rings is 2. The largest absolute Gasteiger partial charge is 0.143 e. The lowest BCUT2D eigenvalue weighted by atomic mass is 10.0. The van der Waals surface area contributed by atoms with Gasteiger partial charge in [-0.05, 0) is 51.4 Å². The third-order valence-electron chi connectivity index (χ3n) is 4.08. The Bertz CT molecular complexity index is 940. The van der Waals surface area contributed by atoms with E-state index in [1.807, 2.05) is 22.7 Å². The minimum atomic E-state index is 1.09. The van der Waals surface area contributed by atoms with Crippen molar-refractivity contribution < 1.29 is 0 Å². The summed E-state index contributed by atoms with van der Waals surface area (Å²) in [5.41, 5.74) is 5.95. The number of benzene rings is 2. The summed E-state index contributed by atoms with van der Waals surface area (Å²) < 4.78 is 2.93. The molecule has 1 aliphatic rings. The van der Waals surface area contributed by atoms with Gasteiger partial charge in [-0.2, -0.15) is 0 Å². The zero-order valence-electron chi connectivity index (χ0n) is 10.1. The van der Waals surface area contributed by atoms with E-state index in [9.17, 15) is 0 Å². The van der Waals surface area contributed by atoms with Crippen LogP contribution >= 0.6 is 22.7 Å². The molecule has 0 unspecified atom stereocenters. The highest BCUT2D eigenvalue weighted by Gasteiger charge is 2.24. The molecular weight excluding hydrogens is 268 g/mol. The maximum Gasteiger partial charge on any atom is 0.0438 e. The van der Waals surface area contributed by atoms with Gasteiger partial charge in [-0.1, -0.05) is 24.3 Å². The second-order valence-electron chi connectivity index (χ2n) is 5.01. The van der Waals surface area contributed by atoms with Crippen LogP contribution in [0.2, 0.25) is 0 Å². The quantitative estimate of drug-likeness (QED) is 0.341. The Hall–Kier alpha value is -1.64. The maximum atomic E-state index is 2.29. The molecule has 2 aromatic carbocycles. The molecule has 2 heteroatoms. The lowest BCUT2D eigenvalue weighted by Crippen LogP contribution is -1.81. The monoisotopic (exact) mass is 278 g/mol. The van der Waals surface area contributed by atoms with Gasteiger partial charge in [-0.3, -0.25) is 0 Å². The molecule has 0 atom stereocenters. The molecule has 0 amide bonds. The summed E-state index contributed by atoms with van der Waals surface area (Å²) >= 11 is 3.75. The molecule has 0 fully saturated rings. The highest BCUT2D eigenvalue weighted by molar-refractivity contribution is 7.21. The molecule has 0 radical (unpaired) electrons. The zero-order valence-corrected chi connectivity index (χ0v) is 11.8. The van der Waals surface area contributed by atoms with Crippen LogP contribution in [0.4, 0.5) is 0 Å². The van der Waals surface area contributed by atoms with Crippen molar-refractivity contribution in [1.82, 2.24) is 0 Å². The Morgan fingerprint density at radius 1 is 0.789 bits per heavy atom. The van der Waals surface area contributed by atoms with Crippen molar-refractivity contribution in [3.8, 4) is 11.1 Å². The number of hydrogen-bond acceptors (Lipinski definition) is 2. The molecule has 0 saturated carbocycles. The second kappa shape index (κ2) is 3.47. The summed E-state index contributed by atoms with van der Waals surface area (Å²) in [6, 6.07) is 13.4. The van der Waals surface area contributed by atoms with Crippen molar-refractivity contribution in [3.05, 3.63) is 58.3 Å². The fraction of sp³-hybridized carbons (Fsp3) is 0.0588. The van der Waals surface area contributed by atoms with E-state index < -0.39 is 0 Å². The van der Waals surface area contributed by atoms with Gasteiger partial charge >= 0.3 is 0 Å². The highest BCUT2D eigenvalue weighted by Crippen LogP contribution is 2.48. The Morgan fingerprint density at radius 2 is 1.58 bits per heavy atom. The summed E-state index contributed by atoms with van der Waals surface area (Å²) in [6.45, 7) is 0. The number of fused-ring (bicyclic) bond motifs is 8. The van der Waals surface area contributed by atoms with E-state index in [-0.39, 0.29) is 0 Å². The Morgan fingerprint density at radius 3 is 2.53 bits per heavy atom. The third kappa shape index (κ3) is 1.18. The first-order chi connectivity index (χ1) is 9.43. The topological polar surface area (TPSA) is 0 Å². The predicted molar refractivity (Wildman–Crippen MR) is 85.5 cm³/mol. The van der Waals surface area contributed by atoms with E-state index in [4.69, 9.17) is 0 Å². The molecule has 5 rings (SSSR count). The molecule has 2 aromatic heterocycles. The second-order valence-corrected chi connectivity index (χ2v) is 6.85. The minimum Gasteiger partial charge on any atom is -0.143 e. The molecule has 2 heterocycles. The number of rotatable bonds is 0. The van der Waals surface area contributed by atoms with Crippen molar-refractivity contribution in [2.45, 2.75) is 6.42 Å². The summed E-state index contributed by atoms with van der Waals surface area (Å²) in [6.07, 6.45) is 1.09. The van der Waals surface area contributed by atoms with Gasteiger partial charge in [-0.15, -0.1) is 22.7 Å². The van der Waals surface area contributed by atoms with Gasteiger partial charge in [0.25, 0.3) is 0 Å². The molecule has 0 saturated heterocycles. The molecule has 90 valence electrons. The van der Waals surface area contributed by atoms with Crippen LogP contribution in [0.15, 0.2) is 47.2 Å². The molecule has 0 nitrogen and oxygen atoms in total. The van der Waals surface area contributed by atoms with Crippen LogP contribution in [0.25, 0.3) is 31.3 Å². The van der Waals surface area contributed by atoms with Gasteiger partial charge in [-0.25, -0.2) is 0 Å². The van der Waals surface area contributed by atoms with E-state index in [2.05, 4.69) is 47.2 Å². The standard InChI is InChI=1S/C17H10S2/c1-2-4-11-10(3-1)9-14-12-5-7-18-16(12)13-6-8-19-17(13)15(11)14/h1-8H,9H2. The lowest BCUT2D eigenvalue weighted by molar-refractivity contribution is 1.29. The predicted octanol–water partition coefficient (Wildman–Crippen LogP) is 5.69. The first-order valence-corrected chi connectivity index (χ1v) is 8.17. The van der Waals surface area contributed by atoms with E-state index >= 15 is 0 Å². The van der Waals surface area contributed by atoms with Crippen molar-refractivity contribution in [2.24, 2.45) is 0 Å². The van der Waals surface area contributed by atoms with Crippen LogP contribution in [0, 0.1) is 0 Å². The molecule has 4 aromatic rings. The molecule has 0 spiro atoms. The fourth-order valence-electron chi connectivity index (χ4n) is 3.29. The van der Waals surface area contributed by atoms with Crippen LogP contribution < -0.4 is 0 Å². The zero-order chi connectivity index (χ0) is 12.4. The van der Waals surface area contributed by atoms with E-state index in [0.717, 1.165) is 6.42 Å². The van der Waals surface area contributed by atoms with E-state index in [0.29, 0.717) is 0 Å². The van der Waals surface area contributed by atoms with Crippen molar-refractivity contribution in [3.63, 3.8) is 0 Å². The lowest BCUT2D eigenvalue weighted by Gasteiger charge is -2.05. The van der Waals surface area contributed by atoms with Gasteiger partial charge in [0.1, 0.15) is 0 Å². The molecule has 0 bridgehead atoms. The number of hydrogen-bond donors (Lipinski definition) is 0. The summed E-state index contributed by atoms with van der Waals surface area (Å²) in [7, 11) is 0. The summed E-state index contributed by atoms with van der Waals surface area (Å²) in [5.74, 6) is 0. The van der Waals surface area contributed by atoms with Gasteiger partial charge in [0.15, 0.2) is 0 Å². The SMILES string of the molecule is c1ccc2c(c1)Cc1c-2c2sccc2c2sccc12. The van der Waals surface area contributed by atoms with Crippen LogP contribution in [-0.4, -0.2) is 0 Å². The van der Waals surface area contributed by atoms with Crippen LogP contribution in [0.5, 0.6) is 0 Å². The van der Waals surface area contributed by atoms with Gasteiger partial charge in [0.05, 0.1) is 0 Å². The molecule has 0 aliphatic heterocycles. The smallest absolute Gasteiger partial charge is 0.0438 e. The first kappa shape index (κ1) is 10.2. The third-order valence-corrected chi connectivity index (χ3v) is 5.96. The van der Waals surface area contributed by atoms with Gasteiger partial charge < -0.3 is 0 Å². The molecule has 19 heavy (non-hydrogen) atoms. The normalized spacial score (nSPS) is 13.1. The minimum absolute atomic E-state index is 1.09. The Balaban J connectivity index is 2.09.